The SMILES string of the molecule is O=C(O)c1nn(CC2CC2)c2c1CN(S(=O)(=O)N1CCCC1)CC2. The van der Waals surface area contributed by atoms with Crippen LogP contribution in [0.5, 0.6) is 0 Å². The van der Waals surface area contributed by atoms with Gasteiger partial charge in [-0.3, -0.25) is 4.68 Å². The lowest BCUT2D eigenvalue weighted by Gasteiger charge is -2.30. The molecule has 0 unspecified atom stereocenters. The number of aromatic carboxylic acids is 1. The van der Waals surface area contributed by atoms with E-state index in [1.807, 2.05) is 0 Å². The van der Waals surface area contributed by atoms with Crippen LogP contribution in [0.4, 0.5) is 0 Å². The van der Waals surface area contributed by atoms with Crippen molar-refractivity contribution in [3.63, 3.8) is 0 Å². The summed E-state index contributed by atoms with van der Waals surface area (Å²) in [5.41, 5.74) is 1.47. The summed E-state index contributed by atoms with van der Waals surface area (Å²) >= 11 is 0. The second kappa shape index (κ2) is 5.82. The molecule has 2 fully saturated rings. The second-order valence-electron chi connectivity index (χ2n) is 6.90. The molecule has 1 saturated heterocycles. The van der Waals surface area contributed by atoms with Gasteiger partial charge in [-0.2, -0.15) is 22.1 Å². The Balaban J connectivity index is 1.63. The first-order chi connectivity index (χ1) is 11.5. The molecule has 0 radical (unpaired) electrons. The van der Waals surface area contributed by atoms with Crippen LogP contribution in [0.3, 0.4) is 0 Å². The normalized spacial score (nSPS) is 22.7. The van der Waals surface area contributed by atoms with Gasteiger partial charge in [-0.15, -0.1) is 0 Å². The van der Waals surface area contributed by atoms with Crippen molar-refractivity contribution in [2.45, 2.75) is 45.2 Å². The van der Waals surface area contributed by atoms with Crippen molar-refractivity contribution < 1.29 is 18.3 Å². The van der Waals surface area contributed by atoms with Gasteiger partial charge in [0, 0.05) is 50.4 Å². The van der Waals surface area contributed by atoms with Crippen molar-refractivity contribution in [3.05, 3.63) is 17.0 Å². The van der Waals surface area contributed by atoms with Gasteiger partial charge >= 0.3 is 5.97 Å². The average Bonchev–Trinajstić information content (AvgIpc) is 3.06. The van der Waals surface area contributed by atoms with Crippen LogP contribution < -0.4 is 0 Å². The molecular formula is C15H22N4O4S. The number of nitrogens with zero attached hydrogens (tertiary/aromatic N) is 4. The topological polar surface area (TPSA) is 95.7 Å². The van der Waals surface area contributed by atoms with Gasteiger partial charge in [0.2, 0.25) is 0 Å². The van der Waals surface area contributed by atoms with Gasteiger partial charge in [0.25, 0.3) is 10.2 Å². The summed E-state index contributed by atoms with van der Waals surface area (Å²) in [6, 6.07) is 0. The smallest absolute Gasteiger partial charge is 0.356 e. The molecule has 0 spiro atoms. The first-order valence-electron chi connectivity index (χ1n) is 8.54. The van der Waals surface area contributed by atoms with Gasteiger partial charge in [-0.05, 0) is 31.6 Å². The van der Waals surface area contributed by atoms with E-state index in [2.05, 4.69) is 5.10 Å². The van der Waals surface area contributed by atoms with Crippen LogP contribution in [0.25, 0.3) is 0 Å². The predicted molar refractivity (Wildman–Crippen MR) is 85.8 cm³/mol. The first-order valence-corrected chi connectivity index (χ1v) is 9.93. The molecule has 0 aromatic carbocycles. The van der Waals surface area contributed by atoms with Crippen LogP contribution in [0.15, 0.2) is 0 Å². The maximum Gasteiger partial charge on any atom is 0.356 e. The molecule has 0 bridgehead atoms. The van der Waals surface area contributed by atoms with E-state index in [0.717, 1.165) is 37.9 Å². The molecule has 9 heteroatoms. The summed E-state index contributed by atoms with van der Waals surface area (Å²) < 4.78 is 30.2. The van der Waals surface area contributed by atoms with E-state index in [9.17, 15) is 18.3 Å². The maximum atomic E-state index is 12.8. The minimum Gasteiger partial charge on any atom is -0.476 e. The van der Waals surface area contributed by atoms with Crippen molar-refractivity contribution in [2.24, 2.45) is 5.92 Å². The van der Waals surface area contributed by atoms with Crippen LogP contribution in [0.2, 0.25) is 0 Å². The zero-order valence-corrected chi connectivity index (χ0v) is 14.3. The van der Waals surface area contributed by atoms with E-state index in [1.165, 1.54) is 8.61 Å². The number of hydrogen-bond donors (Lipinski definition) is 1. The zero-order chi connectivity index (χ0) is 16.9. The highest BCUT2D eigenvalue weighted by molar-refractivity contribution is 7.86. The largest absolute Gasteiger partial charge is 0.476 e. The minimum atomic E-state index is -3.51. The molecule has 1 N–H and O–H groups in total. The van der Waals surface area contributed by atoms with E-state index >= 15 is 0 Å². The monoisotopic (exact) mass is 354 g/mol. The van der Waals surface area contributed by atoms with Crippen LogP contribution in [-0.4, -0.2) is 57.5 Å². The highest BCUT2D eigenvalue weighted by Crippen LogP contribution is 2.33. The van der Waals surface area contributed by atoms with Crippen LogP contribution >= 0.6 is 0 Å². The lowest BCUT2D eigenvalue weighted by Crippen LogP contribution is -2.45. The van der Waals surface area contributed by atoms with Crippen molar-refractivity contribution in [3.8, 4) is 0 Å². The number of aromatic nitrogens is 2. The van der Waals surface area contributed by atoms with Crippen molar-refractivity contribution in [2.75, 3.05) is 19.6 Å². The van der Waals surface area contributed by atoms with Gasteiger partial charge < -0.3 is 5.11 Å². The lowest BCUT2D eigenvalue weighted by atomic mass is 10.1. The molecular weight excluding hydrogens is 332 g/mol. The Morgan fingerprint density at radius 1 is 1.17 bits per heavy atom. The van der Waals surface area contributed by atoms with Crippen LogP contribution in [0.1, 0.15) is 47.4 Å². The minimum absolute atomic E-state index is 0.00646. The number of carboxylic acid groups (broad SMARTS) is 1. The molecule has 24 heavy (non-hydrogen) atoms. The van der Waals surface area contributed by atoms with E-state index in [0.29, 0.717) is 37.5 Å². The van der Waals surface area contributed by atoms with E-state index in [1.54, 1.807) is 4.68 Å². The molecule has 4 rings (SSSR count). The third kappa shape index (κ3) is 2.74. The fourth-order valence-electron chi connectivity index (χ4n) is 3.61. The number of hydrogen-bond acceptors (Lipinski definition) is 4. The lowest BCUT2D eigenvalue weighted by molar-refractivity contribution is 0.0687. The van der Waals surface area contributed by atoms with Gasteiger partial charge in [-0.1, -0.05) is 0 Å². The van der Waals surface area contributed by atoms with Crippen molar-refractivity contribution in [1.29, 1.82) is 0 Å². The number of carboxylic acids is 1. The Morgan fingerprint density at radius 2 is 1.88 bits per heavy atom. The second-order valence-corrected chi connectivity index (χ2v) is 8.83. The fourth-order valence-corrected chi connectivity index (χ4v) is 5.27. The molecule has 132 valence electrons. The number of rotatable bonds is 5. The van der Waals surface area contributed by atoms with Gasteiger partial charge in [0.15, 0.2) is 5.69 Å². The third-order valence-electron chi connectivity index (χ3n) is 5.15. The van der Waals surface area contributed by atoms with Crippen molar-refractivity contribution >= 4 is 16.2 Å². The van der Waals surface area contributed by atoms with Crippen LogP contribution in [0, 0.1) is 5.92 Å². The highest BCUT2D eigenvalue weighted by atomic mass is 32.2. The van der Waals surface area contributed by atoms with Gasteiger partial charge in [0.05, 0.1) is 0 Å². The number of fused-ring (bicyclic) bond motifs is 1. The third-order valence-corrected chi connectivity index (χ3v) is 7.13. The first kappa shape index (κ1) is 16.0. The van der Waals surface area contributed by atoms with E-state index in [4.69, 9.17) is 0 Å². The summed E-state index contributed by atoms with van der Waals surface area (Å²) in [6.07, 6.45) is 4.62. The summed E-state index contributed by atoms with van der Waals surface area (Å²) in [7, 11) is -3.51. The van der Waals surface area contributed by atoms with Gasteiger partial charge in [-0.25, -0.2) is 4.79 Å². The summed E-state index contributed by atoms with van der Waals surface area (Å²) in [5.74, 6) is -0.497. The molecule has 0 atom stereocenters. The highest BCUT2D eigenvalue weighted by Gasteiger charge is 2.37. The van der Waals surface area contributed by atoms with E-state index < -0.39 is 16.2 Å². The summed E-state index contributed by atoms with van der Waals surface area (Å²) in [6.45, 7) is 2.35. The fraction of sp³-hybridized carbons (Fsp3) is 0.733. The maximum absolute atomic E-state index is 12.8. The Bertz CT molecular complexity index is 763. The summed E-state index contributed by atoms with van der Waals surface area (Å²) in [4.78, 5) is 11.5. The Labute approximate surface area is 141 Å². The average molecular weight is 354 g/mol. The van der Waals surface area contributed by atoms with Crippen molar-refractivity contribution in [1.82, 2.24) is 18.4 Å². The molecule has 1 aromatic heterocycles. The van der Waals surface area contributed by atoms with Crippen LogP contribution in [-0.2, 0) is 29.7 Å². The Hall–Kier alpha value is -1.45. The van der Waals surface area contributed by atoms with Gasteiger partial charge in [0.1, 0.15) is 0 Å². The van der Waals surface area contributed by atoms with E-state index in [-0.39, 0.29) is 12.2 Å². The Kier molecular flexibility index (Phi) is 3.89. The quantitative estimate of drug-likeness (QED) is 0.839. The summed E-state index contributed by atoms with van der Waals surface area (Å²) in [5, 5.41) is 13.7. The molecule has 8 nitrogen and oxygen atoms in total. The predicted octanol–water partition coefficient (Wildman–Crippen LogP) is 0.690. The molecule has 3 heterocycles. The molecule has 1 aromatic rings. The zero-order valence-electron chi connectivity index (χ0n) is 13.5. The standard InChI is InChI=1S/C15H22N4O4S/c20-15(21)14-12-10-18(24(22,23)17-6-1-2-7-17)8-5-13(12)19(16-14)9-11-3-4-11/h11H,1-10H2,(H,20,21). The molecule has 1 saturated carbocycles. The molecule has 0 amide bonds. The molecule has 3 aliphatic rings. The Morgan fingerprint density at radius 3 is 2.50 bits per heavy atom. The molecule has 1 aliphatic carbocycles. The number of carbonyl (C=O) groups is 1. The molecule has 2 aliphatic heterocycles.